The molecule has 1 aromatic carbocycles. The quantitative estimate of drug-likeness (QED) is 0.901. The lowest BCUT2D eigenvalue weighted by Gasteiger charge is -2.31. The Kier molecular flexibility index (Phi) is 5.38. The number of carbonyl (C=O) groups excluding carboxylic acids is 2. The fraction of sp³-hybridized carbons (Fsp3) is 0.500. The van der Waals surface area contributed by atoms with Crippen molar-refractivity contribution < 1.29 is 14.3 Å². The number of anilines is 2. The summed E-state index contributed by atoms with van der Waals surface area (Å²) in [5, 5.41) is 5.71. The van der Waals surface area contributed by atoms with Crippen LogP contribution in [0.1, 0.15) is 25.8 Å². The summed E-state index contributed by atoms with van der Waals surface area (Å²) in [6.07, 6.45) is 0.470. The van der Waals surface area contributed by atoms with E-state index in [2.05, 4.69) is 10.6 Å². The number of rotatable bonds is 3. The Balaban J connectivity index is 2.06. The van der Waals surface area contributed by atoms with Crippen LogP contribution in [-0.4, -0.2) is 42.6 Å². The molecule has 6 nitrogen and oxygen atoms in total. The van der Waals surface area contributed by atoms with Gasteiger partial charge in [0.05, 0.1) is 12.7 Å². The molecular formula is C16H23N3O3. The second kappa shape index (κ2) is 7.26. The first-order valence-electron chi connectivity index (χ1n) is 7.57. The molecule has 0 unspecified atom stereocenters. The van der Waals surface area contributed by atoms with Gasteiger partial charge in [-0.3, -0.25) is 4.79 Å². The molecule has 2 N–H and O–H groups in total. The lowest BCUT2D eigenvalue weighted by Crippen LogP contribution is -2.46. The minimum Gasteiger partial charge on any atom is -0.375 e. The van der Waals surface area contributed by atoms with Gasteiger partial charge in [-0.25, -0.2) is 4.79 Å². The van der Waals surface area contributed by atoms with Gasteiger partial charge in [-0.05, 0) is 31.5 Å². The van der Waals surface area contributed by atoms with E-state index in [9.17, 15) is 9.59 Å². The first-order chi connectivity index (χ1) is 10.5. The molecule has 2 rings (SSSR count). The summed E-state index contributed by atoms with van der Waals surface area (Å²) in [5.74, 6) is -0.0527. The molecule has 0 radical (unpaired) electrons. The Bertz CT molecular complexity index is 560. The number of amides is 3. The number of carbonyl (C=O) groups is 2. The van der Waals surface area contributed by atoms with Crippen LogP contribution in [0.15, 0.2) is 18.2 Å². The maximum Gasteiger partial charge on any atom is 0.322 e. The Hall–Kier alpha value is -2.08. The van der Waals surface area contributed by atoms with E-state index in [0.717, 1.165) is 5.56 Å². The van der Waals surface area contributed by atoms with Crippen LogP contribution in [0, 0.1) is 6.92 Å². The van der Waals surface area contributed by atoms with Crippen molar-refractivity contribution in [3.05, 3.63) is 23.8 Å². The van der Waals surface area contributed by atoms with Crippen molar-refractivity contribution in [2.24, 2.45) is 0 Å². The molecule has 120 valence electrons. The van der Waals surface area contributed by atoms with Gasteiger partial charge >= 0.3 is 6.03 Å². The number of urea groups is 1. The summed E-state index contributed by atoms with van der Waals surface area (Å²) in [6, 6.07) is 5.35. The molecule has 1 aromatic rings. The van der Waals surface area contributed by atoms with Crippen LogP contribution in [0.4, 0.5) is 16.2 Å². The van der Waals surface area contributed by atoms with E-state index < -0.39 is 0 Å². The zero-order chi connectivity index (χ0) is 16.1. The molecule has 0 aliphatic carbocycles. The molecule has 1 aliphatic rings. The van der Waals surface area contributed by atoms with Gasteiger partial charge in [-0.15, -0.1) is 0 Å². The van der Waals surface area contributed by atoms with Gasteiger partial charge in [0.25, 0.3) is 0 Å². The summed E-state index contributed by atoms with van der Waals surface area (Å²) < 4.78 is 5.44. The summed E-state index contributed by atoms with van der Waals surface area (Å²) in [7, 11) is 0. The summed E-state index contributed by atoms with van der Waals surface area (Å²) >= 11 is 0. The Labute approximate surface area is 130 Å². The zero-order valence-corrected chi connectivity index (χ0v) is 13.3. The molecule has 6 heteroatoms. The molecule has 3 amide bonds. The van der Waals surface area contributed by atoms with E-state index in [4.69, 9.17) is 4.74 Å². The van der Waals surface area contributed by atoms with Gasteiger partial charge in [-0.1, -0.05) is 13.0 Å². The Morgan fingerprint density at radius 3 is 2.82 bits per heavy atom. The zero-order valence-electron chi connectivity index (χ0n) is 13.3. The minimum atomic E-state index is -0.141. The SMILES string of the molecule is CCC(=O)Nc1ccc(C)c(NC(=O)N2CCO[C@H](C)C2)c1. The predicted octanol–water partition coefficient (Wildman–Crippen LogP) is 2.60. The fourth-order valence-corrected chi connectivity index (χ4v) is 2.28. The van der Waals surface area contributed by atoms with E-state index in [1.54, 1.807) is 17.9 Å². The normalized spacial score (nSPS) is 18.0. The lowest BCUT2D eigenvalue weighted by molar-refractivity contribution is -0.115. The number of hydrogen-bond donors (Lipinski definition) is 2. The molecule has 1 fully saturated rings. The first-order valence-corrected chi connectivity index (χ1v) is 7.57. The van der Waals surface area contributed by atoms with E-state index in [-0.39, 0.29) is 18.0 Å². The molecule has 1 aliphatic heterocycles. The highest BCUT2D eigenvalue weighted by Gasteiger charge is 2.21. The van der Waals surface area contributed by atoms with Crippen molar-refractivity contribution in [2.75, 3.05) is 30.3 Å². The number of aryl methyl sites for hydroxylation is 1. The average molecular weight is 305 g/mol. The number of nitrogens with one attached hydrogen (secondary N) is 2. The lowest BCUT2D eigenvalue weighted by atomic mass is 10.1. The summed E-state index contributed by atoms with van der Waals surface area (Å²) in [5.41, 5.74) is 2.34. The molecule has 0 spiro atoms. The Morgan fingerprint density at radius 2 is 2.14 bits per heavy atom. The van der Waals surface area contributed by atoms with Gasteiger partial charge in [0.2, 0.25) is 5.91 Å². The third kappa shape index (κ3) is 4.21. The summed E-state index contributed by atoms with van der Waals surface area (Å²) in [4.78, 5) is 25.5. The van der Waals surface area contributed by atoms with Crippen LogP contribution in [0.2, 0.25) is 0 Å². The maximum absolute atomic E-state index is 12.3. The van der Waals surface area contributed by atoms with Crippen molar-refractivity contribution in [3.63, 3.8) is 0 Å². The van der Waals surface area contributed by atoms with Gasteiger partial charge < -0.3 is 20.3 Å². The largest absolute Gasteiger partial charge is 0.375 e. The molecule has 1 heterocycles. The molecule has 1 saturated heterocycles. The van der Waals surface area contributed by atoms with E-state index in [0.29, 0.717) is 37.5 Å². The minimum absolute atomic E-state index is 0.0516. The molecule has 0 aromatic heterocycles. The molecule has 0 bridgehead atoms. The number of hydrogen-bond acceptors (Lipinski definition) is 3. The standard InChI is InChI=1S/C16H23N3O3/c1-4-15(20)17-13-6-5-11(2)14(9-13)18-16(21)19-7-8-22-12(3)10-19/h5-6,9,12H,4,7-8,10H2,1-3H3,(H,17,20)(H,18,21)/t12-/m1/s1. The second-order valence-corrected chi connectivity index (χ2v) is 5.49. The van der Waals surface area contributed by atoms with E-state index in [1.807, 2.05) is 26.0 Å². The molecular weight excluding hydrogens is 282 g/mol. The number of ether oxygens (including phenoxy) is 1. The molecule has 1 atom stereocenters. The van der Waals surface area contributed by atoms with Crippen molar-refractivity contribution in [3.8, 4) is 0 Å². The van der Waals surface area contributed by atoms with Gasteiger partial charge in [-0.2, -0.15) is 0 Å². The first kappa shape index (κ1) is 16.3. The van der Waals surface area contributed by atoms with Gasteiger partial charge in [0, 0.05) is 30.9 Å². The molecule has 22 heavy (non-hydrogen) atoms. The second-order valence-electron chi connectivity index (χ2n) is 5.49. The average Bonchev–Trinajstić information content (AvgIpc) is 2.50. The van der Waals surface area contributed by atoms with Crippen LogP contribution < -0.4 is 10.6 Å². The highest BCUT2D eigenvalue weighted by molar-refractivity contribution is 5.94. The predicted molar refractivity (Wildman–Crippen MR) is 86.1 cm³/mol. The van der Waals surface area contributed by atoms with E-state index in [1.165, 1.54) is 0 Å². The van der Waals surface area contributed by atoms with Crippen LogP contribution in [0.5, 0.6) is 0 Å². The highest BCUT2D eigenvalue weighted by atomic mass is 16.5. The van der Waals surface area contributed by atoms with Gasteiger partial charge in [0.15, 0.2) is 0 Å². The van der Waals surface area contributed by atoms with Crippen molar-refractivity contribution in [1.29, 1.82) is 0 Å². The third-order valence-electron chi connectivity index (χ3n) is 3.61. The number of benzene rings is 1. The van der Waals surface area contributed by atoms with Crippen LogP contribution in [0.3, 0.4) is 0 Å². The van der Waals surface area contributed by atoms with Crippen LogP contribution in [0.25, 0.3) is 0 Å². The van der Waals surface area contributed by atoms with E-state index >= 15 is 0 Å². The van der Waals surface area contributed by atoms with Crippen molar-refractivity contribution in [1.82, 2.24) is 4.90 Å². The highest BCUT2D eigenvalue weighted by Crippen LogP contribution is 2.21. The number of nitrogens with zero attached hydrogens (tertiary/aromatic N) is 1. The Morgan fingerprint density at radius 1 is 1.36 bits per heavy atom. The van der Waals surface area contributed by atoms with Crippen LogP contribution >= 0.6 is 0 Å². The van der Waals surface area contributed by atoms with Crippen molar-refractivity contribution in [2.45, 2.75) is 33.3 Å². The van der Waals surface area contributed by atoms with Crippen molar-refractivity contribution >= 4 is 23.3 Å². The summed E-state index contributed by atoms with van der Waals surface area (Å²) in [6.45, 7) is 7.39. The van der Waals surface area contributed by atoms with Crippen LogP contribution in [-0.2, 0) is 9.53 Å². The van der Waals surface area contributed by atoms with Gasteiger partial charge in [0.1, 0.15) is 0 Å². The fourth-order valence-electron chi connectivity index (χ4n) is 2.28. The third-order valence-corrected chi connectivity index (χ3v) is 3.61. The number of morpholine rings is 1. The molecule has 0 saturated carbocycles. The smallest absolute Gasteiger partial charge is 0.322 e. The topological polar surface area (TPSA) is 70.7 Å². The maximum atomic E-state index is 12.3. The monoisotopic (exact) mass is 305 g/mol.